The van der Waals surface area contributed by atoms with Gasteiger partial charge in [0.05, 0.1) is 19.7 Å². The van der Waals surface area contributed by atoms with Crippen LogP contribution in [0.2, 0.25) is 0 Å². The zero-order chi connectivity index (χ0) is 16.9. The molecule has 0 bridgehead atoms. The first-order chi connectivity index (χ1) is 11.5. The van der Waals surface area contributed by atoms with Crippen LogP contribution in [0.3, 0.4) is 0 Å². The Hall–Kier alpha value is -2.30. The van der Waals surface area contributed by atoms with Crippen molar-refractivity contribution in [2.75, 3.05) is 13.1 Å². The lowest BCUT2D eigenvalue weighted by Gasteiger charge is -2.29. The van der Waals surface area contributed by atoms with Gasteiger partial charge in [0.1, 0.15) is 5.54 Å². The van der Waals surface area contributed by atoms with E-state index < -0.39 is 5.54 Å². The monoisotopic (exact) mass is 313 g/mol. The molecule has 2 heterocycles. The van der Waals surface area contributed by atoms with Gasteiger partial charge in [0.2, 0.25) is 5.91 Å². The van der Waals surface area contributed by atoms with Crippen LogP contribution in [-0.2, 0) is 16.0 Å². The van der Waals surface area contributed by atoms with Gasteiger partial charge in [-0.05, 0) is 36.8 Å². The number of nitrogens with one attached hydrogen (secondary N) is 2. The maximum absolute atomic E-state index is 13.1. The van der Waals surface area contributed by atoms with E-state index in [2.05, 4.69) is 17.2 Å². The maximum atomic E-state index is 13.1. The Morgan fingerprint density at radius 3 is 3.13 bits per heavy atom. The minimum atomic E-state index is -0.721. The minimum absolute atomic E-state index is 0.0746. The number of amides is 2. The van der Waals surface area contributed by atoms with E-state index in [1.807, 2.05) is 12.1 Å². The molecule has 2 amide bonds. The molecule has 2 saturated heterocycles. The van der Waals surface area contributed by atoms with Gasteiger partial charge in [-0.3, -0.25) is 9.59 Å². The highest BCUT2D eigenvalue weighted by Gasteiger charge is 2.50. The predicted octanol–water partition coefficient (Wildman–Crippen LogP) is 1.27. The predicted molar refractivity (Wildman–Crippen MR) is 86.5 cm³/mol. The number of rotatable bonds is 1. The van der Waals surface area contributed by atoms with Gasteiger partial charge >= 0.3 is 0 Å². The van der Waals surface area contributed by atoms with Crippen LogP contribution in [0.1, 0.15) is 37.7 Å². The Kier molecular flexibility index (Phi) is 2.93. The van der Waals surface area contributed by atoms with E-state index in [0.717, 1.165) is 30.4 Å². The molecule has 5 heteroatoms. The second-order valence-corrected chi connectivity index (χ2v) is 6.70. The van der Waals surface area contributed by atoms with Gasteiger partial charge in [-0.25, -0.2) is 0 Å². The van der Waals surface area contributed by atoms with Gasteiger partial charge in [-0.2, -0.15) is 0 Å². The van der Waals surface area contributed by atoms with E-state index in [1.165, 1.54) is 0 Å². The molecule has 1 aliphatic carbocycles. The third kappa shape index (κ3) is 2.22. The lowest BCUT2D eigenvalue weighted by atomic mass is 9.82. The summed E-state index contributed by atoms with van der Waals surface area (Å²) in [4.78, 5) is 27.1. The Bertz CT molecular complexity index is 748. The van der Waals surface area contributed by atoms with E-state index in [1.54, 1.807) is 11.0 Å². The summed E-state index contributed by atoms with van der Waals surface area (Å²) in [5.74, 6) is 0.295. The molecule has 2 N–H and O–H groups in total. The lowest BCUT2D eigenvalue weighted by molar-refractivity contribution is -0.132. The molecule has 120 valence electrons. The Morgan fingerprint density at radius 2 is 2.35 bits per heavy atom. The average Bonchev–Trinajstić information content (AvgIpc) is 3.10. The molecule has 2 atom stereocenters. The summed E-state index contributed by atoms with van der Waals surface area (Å²) in [6.07, 6.45) is 3.20. The number of nitrogens with zero attached hydrogens (tertiary/aromatic N) is 1. The van der Waals surface area contributed by atoms with E-state index in [9.17, 15) is 9.59 Å². The van der Waals surface area contributed by atoms with Crippen LogP contribution in [0, 0.1) is 0 Å². The molecule has 5 nitrogen and oxygen atoms in total. The largest absolute Gasteiger partial charge is 0.356 e. The zero-order valence-electron chi connectivity index (χ0n) is 14.0. The number of carbonyl (C=O) groups excluding carboxylic acids is 2. The average molecular weight is 313 g/mol. The maximum Gasteiger partial charge on any atom is 0.253 e. The summed E-state index contributed by atoms with van der Waals surface area (Å²) in [5, 5.41) is 5.82. The Morgan fingerprint density at radius 1 is 1.48 bits per heavy atom. The van der Waals surface area contributed by atoms with Gasteiger partial charge < -0.3 is 15.5 Å². The first kappa shape index (κ1) is 13.2. The van der Waals surface area contributed by atoms with Gasteiger partial charge in [0.15, 0.2) is 0 Å². The molecule has 4 rings (SSSR count). The molecule has 2 aliphatic heterocycles. The fourth-order valence-electron chi connectivity index (χ4n) is 4.06. The Balaban J connectivity index is 1.57. The van der Waals surface area contributed by atoms with Crippen molar-refractivity contribution in [3.05, 3.63) is 47.8 Å². The van der Waals surface area contributed by atoms with E-state index in [-0.39, 0.29) is 17.7 Å². The van der Waals surface area contributed by atoms with Crippen LogP contribution in [0.5, 0.6) is 0 Å². The first-order valence-electron chi connectivity index (χ1n) is 8.66. The summed E-state index contributed by atoms with van der Waals surface area (Å²) in [7, 11) is 0. The molecule has 2 fully saturated rings. The number of likely N-dealkylation sites (tertiary alicyclic amines) is 1. The molecule has 1 aromatic carbocycles. The number of carbonyl (C=O) groups is 2. The second-order valence-electron chi connectivity index (χ2n) is 6.70. The number of fused-ring (bicyclic) bond motifs is 1. The van der Waals surface area contributed by atoms with Crippen LogP contribution in [0.4, 0.5) is 0 Å². The van der Waals surface area contributed by atoms with Crippen LogP contribution in [-0.4, -0.2) is 35.3 Å². The molecule has 0 aromatic heterocycles. The number of hydrogen-bond acceptors (Lipinski definition) is 3. The summed E-state index contributed by atoms with van der Waals surface area (Å²) in [6, 6.07) is 6.14. The molecule has 0 saturated carbocycles. The van der Waals surface area contributed by atoms with Crippen molar-refractivity contribution in [2.45, 2.75) is 37.1 Å². The van der Waals surface area contributed by atoms with Crippen LogP contribution in [0.15, 0.2) is 36.6 Å². The highest BCUT2D eigenvalue weighted by Crippen LogP contribution is 2.35. The smallest absolute Gasteiger partial charge is 0.253 e. The quantitative estimate of drug-likeness (QED) is 0.821. The van der Waals surface area contributed by atoms with Crippen LogP contribution >= 0.6 is 0 Å². The molecular weight excluding hydrogens is 290 g/mol. The van der Waals surface area contributed by atoms with E-state index in [0.29, 0.717) is 31.4 Å². The molecule has 1 spiro atoms. The van der Waals surface area contributed by atoms with Gasteiger partial charge in [0, 0.05) is 6.54 Å². The Labute approximate surface area is 137 Å². The third-order valence-electron chi connectivity index (χ3n) is 5.24. The molecule has 1 aromatic rings. The van der Waals surface area contributed by atoms with E-state index in [4.69, 9.17) is 1.37 Å². The highest BCUT2D eigenvalue weighted by atomic mass is 16.2. The zero-order valence-corrected chi connectivity index (χ0v) is 13.0. The van der Waals surface area contributed by atoms with Crippen molar-refractivity contribution < 1.29 is 11.0 Å². The second kappa shape index (κ2) is 5.11. The van der Waals surface area contributed by atoms with Crippen molar-refractivity contribution in [1.29, 1.82) is 0 Å². The molecule has 0 radical (unpaired) electrons. The van der Waals surface area contributed by atoms with Crippen molar-refractivity contribution in [1.82, 2.24) is 15.5 Å². The molecule has 3 aliphatic rings. The minimum Gasteiger partial charge on any atom is -0.356 e. The first-order valence-corrected chi connectivity index (χ1v) is 8.16. The van der Waals surface area contributed by atoms with Gasteiger partial charge in [-0.1, -0.05) is 30.8 Å². The fourth-order valence-corrected chi connectivity index (χ4v) is 4.06. The summed E-state index contributed by atoms with van der Waals surface area (Å²) < 4.78 is 8.07. The fraction of sp³-hybridized carbons (Fsp3) is 0.444. The summed E-state index contributed by atoms with van der Waals surface area (Å²) in [6.45, 7) is 4.70. The van der Waals surface area contributed by atoms with Crippen molar-refractivity contribution >= 4 is 11.8 Å². The van der Waals surface area contributed by atoms with Crippen molar-refractivity contribution in [2.24, 2.45) is 0 Å². The molecule has 2 unspecified atom stereocenters. The van der Waals surface area contributed by atoms with Gasteiger partial charge in [-0.15, -0.1) is 0 Å². The molecule has 23 heavy (non-hydrogen) atoms. The highest BCUT2D eigenvalue weighted by molar-refractivity contribution is 5.93. The van der Waals surface area contributed by atoms with Crippen LogP contribution < -0.4 is 10.6 Å². The number of benzene rings is 1. The van der Waals surface area contributed by atoms with Gasteiger partial charge in [0.25, 0.3) is 5.91 Å². The van der Waals surface area contributed by atoms with Crippen molar-refractivity contribution in [3.8, 4) is 0 Å². The lowest BCUT2D eigenvalue weighted by Crippen LogP contribution is -2.49. The normalized spacial score (nSPS) is 30.0. The van der Waals surface area contributed by atoms with E-state index >= 15 is 0 Å². The SMILES string of the molecule is [3H]c1cccc2c1CCCC2C(=O)N1CCC2(C1)NC(=C)NC2=O. The van der Waals surface area contributed by atoms with Crippen molar-refractivity contribution in [3.63, 3.8) is 0 Å². The third-order valence-corrected chi connectivity index (χ3v) is 5.24. The summed E-state index contributed by atoms with van der Waals surface area (Å²) in [5.41, 5.74) is 1.27. The topological polar surface area (TPSA) is 61.4 Å². The number of hydrogen-bond donors (Lipinski definition) is 2. The summed E-state index contributed by atoms with van der Waals surface area (Å²) >= 11 is 0. The molecular formula is C18H21N3O2. The van der Waals surface area contributed by atoms with Crippen LogP contribution in [0.25, 0.3) is 0 Å². The standard InChI is InChI=1S/C18H21N3O2/c1-12-19-17(23)18(20-12)9-10-21(11-18)16(22)15-8-4-6-13-5-2-3-7-14(13)15/h2-3,5,7,15,20H,1,4,6,8-11H2,(H,19,23)/i5T.